The zero-order chi connectivity index (χ0) is 18.6. The average Bonchev–Trinajstić information content (AvgIpc) is 3.29. The van der Waals surface area contributed by atoms with Crippen LogP contribution in [0.3, 0.4) is 0 Å². The summed E-state index contributed by atoms with van der Waals surface area (Å²) < 4.78 is 23.0. The van der Waals surface area contributed by atoms with Gasteiger partial charge in [0.2, 0.25) is 0 Å². The maximum atomic E-state index is 11.5. The minimum absolute atomic E-state index is 0. The summed E-state index contributed by atoms with van der Waals surface area (Å²) in [5, 5.41) is 3.45. The molecule has 3 rings (SSSR count). The highest BCUT2D eigenvalue weighted by Gasteiger charge is 2.30. The molecule has 2 saturated heterocycles. The number of guanidine groups is 1. The Morgan fingerprint density at radius 3 is 2.44 bits per heavy atom. The Kier molecular flexibility index (Phi) is 8.36. The molecule has 2 fully saturated rings. The van der Waals surface area contributed by atoms with E-state index in [0.29, 0.717) is 10.9 Å². The molecule has 2 heterocycles. The van der Waals surface area contributed by atoms with Crippen LogP contribution in [0.25, 0.3) is 0 Å². The van der Waals surface area contributed by atoms with Gasteiger partial charge in [0.15, 0.2) is 15.8 Å². The predicted molar refractivity (Wildman–Crippen MR) is 121 cm³/mol. The molecule has 0 saturated carbocycles. The van der Waals surface area contributed by atoms with Crippen LogP contribution < -0.4 is 5.32 Å². The van der Waals surface area contributed by atoms with Crippen LogP contribution in [-0.2, 0) is 16.3 Å². The van der Waals surface area contributed by atoms with Crippen LogP contribution >= 0.6 is 24.0 Å². The van der Waals surface area contributed by atoms with Gasteiger partial charge in [-0.25, -0.2) is 8.42 Å². The molecule has 27 heavy (non-hydrogen) atoms. The Balaban J connectivity index is 0.00000261. The van der Waals surface area contributed by atoms with E-state index in [1.165, 1.54) is 38.6 Å². The fourth-order valence-corrected chi connectivity index (χ4v) is 4.52. The molecule has 1 aromatic rings. The van der Waals surface area contributed by atoms with Crippen LogP contribution in [0.4, 0.5) is 0 Å². The normalized spacial score (nSPS) is 21.3. The number of hydrogen-bond donors (Lipinski definition) is 1. The van der Waals surface area contributed by atoms with Crippen LogP contribution in [0, 0.1) is 0 Å². The number of halogens is 1. The highest BCUT2D eigenvalue weighted by molar-refractivity contribution is 14.0. The van der Waals surface area contributed by atoms with E-state index in [4.69, 9.17) is 0 Å². The molecule has 0 radical (unpaired) electrons. The lowest BCUT2D eigenvalue weighted by atomic mass is 10.1. The van der Waals surface area contributed by atoms with Crippen LogP contribution in [0.5, 0.6) is 0 Å². The largest absolute Gasteiger partial charge is 0.356 e. The van der Waals surface area contributed by atoms with Crippen LogP contribution in [0.1, 0.15) is 24.8 Å². The summed E-state index contributed by atoms with van der Waals surface area (Å²) in [6.07, 6.45) is 5.96. The first-order chi connectivity index (χ1) is 12.5. The first-order valence-corrected chi connectivity index (χ1v) is 11.3. The fourth-order valence-electron chi connectivity index (χ4n) is 3.89. The Morgan fingerprint density at radius 1 is 1.19 bits per heavy atom. The summed E-state index contributed by atoms with van der Waals surface area (Å²) in [6.45, 7) is 5.39. The van der Waals surface area contributed by atoms with Gasteiger partial charge in [-0.2, -0.15) is 0 Å². The Morgan fingerprint density at radius 2 is 1.85 bits per heavy atom. The number of hydrogen-bond acceptors (Lipinski definition) is 4. The first-order valence-electron chi connectivity index (χ1n) is 9.46. The van der Waals surface area contributed by atoms with Gasteiger partial charge in [0.1, 0.15) is 0 Å². The number of nitrogens with zero attached hydrogens (tertiary/aromatic N) is 3. The van der Waals surface area contributed by atoms with Gasteiger partial charge in [-0.3, -0.25) is 9.89 Å². The second-order valence-electron chi connectivity index (χ2n) is 7.27. The highest BCUT2D eigenvalue weighted by Crippen LogP contribution is 2.20. The van der Waals surface area contributed by atoms with Gasteiger partial charge in [0.05, 0.1) is 4.90 Å². The number of benzene rings is 1. The van der Waals surface area contributed by atoms with E-state index in [-0.39, 0.29) is 24.0 Å². The predicted octanol–water partition coefficient (Wildman–Crippen LogP) is 2.00. The van der Waals surface area contributed by atoms with Gasteiger partial charge in [-0.1, -0.05) is 12.1 Å². The van der Waals surface area contributed by atoms with Crippen molar-refractivity contribution in [1.29, 1.82) is 0 Å². The van der Waals surface area contributed by atoms with Crippen molar-refractivity contribution in [2.45, 2.75) is 36.6 Å². The number of nitrogens with one attached hydrogen (secondary N) is 1. The molecular formula is C19H31IN4O2S. The Bertz CT molecular complexity index is 731. The molecule has 1 unspecified atom stereocenters. The molecule has 6 nitrogen and oxygen atoms in total. The number of likely N-dealkylation sites (tertiary alicyclic amines) is 2. The van der Waals surface area contributed by atoms with Crippen molar-refractivity contribution >= 4 is 39.8 Å². The van der Waals surface area contributed by atoms with Crippen molar-refractivity contribution < 1.29 is 8.42 Å². The minimum atomic E-state index is -3.13. The van der Waals surface area contributed by atoms with Crippen molar-refractivity contribution in [3.05, 3.63) is 29.8 Å². The molecule has 0 amide bonds. The van der Waals surface area contributed by atoms with Crippen molar-refractivity contribution in [1.82, 2.24) is 15.1 Å². The molecule has 0 aliphatic carbocycles. The molecule has 2 aliphatic rings. The molecule has 0 aromatic heterocycles. The van der Waals surface area contributed by atoms with Gasteiger partial charge >= 0.3 is 0 Å². The standard InChI is InChI=1S/C19H30N4O2S.HI/c1-20-19(23-14-10-17(15-23)22-12-3-4-13-22)21-11-9-16-5-7-18(8-6-16)26(2,24)25;/h5-8,17H,3-4,9-15H2,1-2H3,(H,20,21);1H. The highest BCUT2D eigenvalue weighted by atomic mass is 127. The third kappa shape index (κ3) is 6.05. The first kappa shape index (κ1) is 22.4. The summed E-state index contributed by atoms with van der Waals surface area (Å²) in [4.78, 5) is 9.79. The molecule has 152 valence electrons. The fraction of sp³-hybridized carbons (Fsp3) is 0.632. The topological polar surface area (TPSA) is 65.0 Å². The van der Waals surface area contributed by atoms with Crippen molar-refractivity contribution in [3.8, 4) is 0 Å². The second kappa shape index (κ2) is 10.1. The Labute approximate surface area is 180 Å². The summed E-state index contributed by atoms with van der Waals surface area (Å²) in [5.41, 5.74) is 1.12. The molecule has 2 aliphatic heterocycles. The molecule has 1 N–H and O–H groups in total. The van der Waals surface area contributed by atoms with Crippen LogP contribution in [0.15, 0.2) is 34.2 Å². The number of sulfone groups is 1. The summed E-state index contributed by atoms with van der Waals surface area (Å²) in [5.74, 6) is 0.972. The quantitative estimate of drug-likeness (QED) is 0.376. The van der Waals surface area contributed by atoms with E-state index in [9.17, 15) is 8.42 Å². The SMILES string of the molecule is CN=C(NCCc1ccc(S(C)(=O)=O)cc1)N1CCC(N2CCCC2)C1.I. The number of aliphatic imine (C=N–C) groups is 1. The van der Waals surface area contributed by atoms with E-state index in [2.05, 4.69) is 20.1 Å². The van der Waals surface area contributed by atoms with E-state index in [1.54, 1.807) is 12.1 Å². The van der Waals surface area contributed by atoms with Gasteiger partial charge in [0, 0.05) is 39.0 Å². The van der Waals surface area contributed by atoms with E-state index in [0.717, 1.165) is 37.6 Å². The smallest absolute Gasteiger partial charge is 0.193 e. The summed E-state index contributed by atoms with van der Waals surface area (Å²) >= 11 is 0. The maximum absolute atomic E-state index is 11.5. The molecular weight excluding hydrogens is 475 g/mol. The van der Waals surface area contributed by atoms with Crippen molar-refractivity contribution in [2.75, 3.05) is 46.0 Å². The molecule has 8 heteroatoms. The van der Waals surface area contributed by atoms with E-state index in [1.807, 2.05) is 19.2 Å². The van der Waals surface area contributed by atoms with Gasteiger partial charge < -0.3 is 10.2 Å². The van der Waals surface area contributed by atoms with E-state index < -0.39 is 9.84 Å². The molecule has 0 spiro atoms. The van der Waals surface area contributed by atoms with Crippen LogP contribution in [0.2, 0.25) is 0 Å². The lowest BCUT2D eigenvalue weighted by Crippen LogP contribution is -2.43. The Hall–Kier alpha value is -0.870. The maximum Gasteiger partial charge on any atom is 0.193 e. The van der Waals surface area contributed by atoms with Gasteiger partial charge in [-0.15, -0.1) is 24.0 Å². The lowest BCUT2D eigenvalue weighted by molar-refractivity contribution is 0.249. The van der Waals surface area contributed by atoms with E-state index >= 15 is 0 Å². The summed E-state index contributed by atoms with van der Waals surface area (Å²) in [6, 6.07) is 7.81. The third-order valence-corrected chi connectivity index (χ3v) is 6.51. The van der Waals surface area contributed by atoms with Crippen molar-refractivity contribution in [3.63, 3.8) is 0 Å². The van der Waals surface area contributed by atoms with Gasteiger partial charge in [0.25, 0.3) is 0 Å². The summed E-state index contributed by atoms with van der Waals surface area (Å²) in [7, 11) is -1.29. The molecule has 1 aromatic carbocycles. The average molecular weight is 506 g/mol. The molecule has 1 atom stereocenters. The number of rotatable bonds is 5. The monoisotopic (exact) mass is 506 g/mol. The van der Waals surface area contributed by atoms with Crippen LogP contribution in [-0.4, -0.2) is 76.2 Å². The van der Waals surface area contributed by atoms with Gasteiger partial charge in [-0.05, 0) is 56.5 Å². The second-order valence-corrected chi connectivity index (χ2v) is 9.29. The zero-order valence-corrected chi connectivity index (χ0v) is 19.4. The van der Waals surface area contributed by atoms with Crippen molar-refractivity contribution in [2.24, 2.45) is 4.99 Å². The lowest BCUT2D eigenvalue weighted by Gasteiger charge is -2.25. The third-order valence-electron chi connectivity index (χ3n) is 5.38. The minimum Gasteiger partial charge on any atom is -0.356 e. The zero-order valence-electron chi connectivity index (χ0n) is 16.2. The molecule has 0 bridgehead atoms.